The average molecular weight is 701 g/mol. The van der Waals surface area contributed by atoms with E-state index in [0.717, 1.165) is 6.42 Å². The number of hydrogen-bond donors (Lipinski definition) is 3. The lowest BCUT2D eigenvalue weighted by atomic mass is 9.71. The van der Waals surface area contributed by atoms with Crippen molar-refractivity contribution in [1.29, 1.82) is 0 Å². The Hall–Kier alpha value is -3.01. The third-order valence-corrected chi connectivity index (χ3v) is 13.3. The first-order chi connectivity index (χ1) is 24.4. The Bertz CT molecular complexity index is 1980. The van der Waals surface area contributed by atoms with Crippen molar-refractivity contribution in [2.75, 3.05) is 0 Å². The molecule has 0 radical (unpaired) electrons. The largest absolute Gasteiger partial charge is 0.364 e. The maximum Gasteiger partial charge on any atom is 0.0629 e. The van der Waals surface area contributed by atoms with Crippen LogP contribution in [-0.2, 0) is 35.5 Å². The van der Waals surface area contributed by atoms with E-state index in [1.54, 1.807) is 33.4 Å². The van der Waals surface area contributed by atoms with Crippen molar-refractivity contribution in [2.45, 2.75) is 194 Å². The highest BCUT2D eigenvalue weighted by molar-refractivity contribution is 6.10. The van der Waals surface area contributed by atoms with Crippen molar-refractivity contribution >= 4 is 5.71 Å². The molecule has 0 bridgehead atoms. The second kappa shape index (κ2) is 12.3. The van der Waals surface area contributed by atoms with Crippen LogP contribution in [0.5, 0.6) is 0 Å². The minimum atomic E-state index is 0.0480. The van der Waals surface area contributed by atoms with Crippen molar-refractivity contribution in [1.82, 2.24) is 15.0 Å². The molecule has 280 valence electrons. The van der Waals surface area contributed by atoms with Crippen molar-refractivity contribution < 1.29 is 0 Å². The lowest BCUT2D eigenvalue weighted by Crippen LogP contribution is -2.26. The van der Waals surface area contributed by atoms with E-state index in [1.165, 1.54) is 122 Å². The van der Waals surface area contributed by atoms with Crippen LogP contribution in [-0.4, -0.2) is 20.7 Å². The Morgan fingerprint density at radius 3 is 1.60 bits per heavy atom. The standard InChI is InChI=1S/C48H68N4/c1-45(2,3)34-26-49-39-27(34)19-15-22-31(39)43-37(47(7,8)9)29-21-17-24-33(41(29)51-43)44-38(48(10,11)12)30-20-16-23-32(40(30)52-44)42-36(46(4,5)6)28-18-13-14-25-35(28)50-42/h25-26,31-33,49,51-52H,13-24H2,1-12H3. The lowest BCUT2D eigenvalue weighted by Gasteiger charge is -2.32. The highest BCUT2D eigenvalue weighted by atomic mass is 14.9. The van der Waals surface area contributed by atoms with Crippen LogP contribution >= 0.6 is 0 Å². The van der Waals surface area contributed by atoms with Gasteiger partial charge in [-0.3, -0.25) is 4.99 Å². The minimum Gasteiger partial charge on any atom is -0.364 e. The third kappa shape index (κ3) is 5.79. The Labute approximate surface area is 315 Å². The number of nitrogens with zero attached hydrogens (tertiary/aromatic N) is 1. The molecule has 52 heavy (non-hydrogen) atoms. The molecule has 3 aromatic rings. The van der Waals surface area contributed by atoms with E-state index in [1.807, 2.05) is 0 Å². The quantitative estimate of drug-likeness (QED) is 0.244. The van der Waals surface area contributed by atoms with Crippen LogP contribution in [0.25, 0.3) is 0 Å². The Kier molecular flexibility index (Phi) is 8.48. The van der Waals surface area contributed by atoms with Gasteiger partial charge in [-0.25, -0.2) is 0 Å². The molecular formula is C48H68N4. The van der Waals surface area contributed by atoms with Crippen LogP contribution in [0.3, 0.4) is 0 Å². The van der Waals surface area contributed by atoms with Gasteiger partial charge < -0.3 is 15.0 Å². The fourth-order valence-electron chi connectivity index (χ4n) is 11.5. The van der Waals surface area contributed by atoms with Gasteiger partial charge in [0.25, 0.3) is 0 Å². The molecule has 4 nitrogen and oxygen atoms in total. The van der Waals surface area contributed by atoms with E-state index in [2.05, 4.69) is 110 Å². The van der Waals surface area contributed by atoms with Crippen LogP contribution in [0.2, 0.25) is 0 Å². The normalized spacial score (nSPS) is 24.0. The Morgan fingerprint density at radius 2 is 1.06 bits per heavy atom. The maximum absolute atomic E-state index is 5.53. The van der Waals surface area contributed by atoms with Crippen LogP contribution in [0.1, 0.15) is 220 Å². The van der Waals surface area contributed by atoms with Crippen molar-refractivity contribution in [3.8, 4) is 0 Å². The van der Waals surface area contributed by atoms with Gasteiger partial charge in [-0.1, -0.05) is 89.2 Å². The zero-order chi connectivity index (χ0) is 37.1. The first kappa shape index (κ1) is 36.0. The molecule has 0 aromatic carbocycles. The molecule has 0 saturated carbocycles. The van der Waals surface area contributed by atoms with E-state index >= 15 is 0 Å². The van der Waals surface area contributed by atoms with E-state index in [4.69, 9.17) is 4.99 Å². The van der Waals surface area contributed by atoms with Gasteiger partial charge in [0, 0.05) is 52.4 Å². The Morgan fingerprint density at radius 1 is 0.538 bits per heavy atom. The molecule has 0 amide bonds. The number of aromatic amines is 3. The topological polar surface area (TPSA) is 59.7 Å². The zero-order valence-electron chi connectivity index (χ0n) is 34.8. The van der Waals surface area contributed by atoms with E-state index in [9.17, 15) is 0 Å². The van der Waals surface area contributed by atoms with Gasteiger partial charge in [-0.2, -0.15) is 0 Å². The van der Waals surface area contributed by atoms with Crippen LogP contribution < -0.4 is 0 Å². The monoisotopic (exact) mass is 701 g/mol. The van der Waals surface area contributed by atoms with Crippen molar-refractivity contribution in [3.05, 3.63) is 91.0 Å². The molecule has 5 aliphatic rings. The smallest absolute Gasteiger partial charge is 0.0629 e. The summed E-state index contributed by atoms with van der Waals surface area (Å²) in [6.07, 6.45) is 19.2. The summed E-state index contributed by atoms with van der Waals surface area (Å²) < 4.78 is 0. The fourth-order valence-corrected chi connectivity index (χ4v) is 11.5. The Balaban J connectivity index is 1.28. The van der Waals surface area contributed by atoms with Crippen LogP contribution in [0, 0.1) is 5.41 Å². The summed E-state index contributed by atoms with van der Waals surface area (Å²) >= 11 is 0. The molecule has 3 N–H and O–H groups in total. The number of fused-ring (bicyclic) bond motifs is 4. The van der Waals surface area contributed by atoms with Gasteiger partial charge in [0.15, 0.2) is 0 Å². The van der Waals surface area contributed by atoms with E-state index in [0.29, 0.717) is 17.8 Å². The van der Waals surface area contributed by atoms with E-state index in [-0.39, 0.29) is 21.7 Å². The number of aliphatic imine (C=N–C) groups is 1. The number of aromatic nitrogens is 3. The predicted octanol–water partition coefficient (Wildman–Crippen LogP) is 12.8. The minimum absolute atomic E-state index is 0.0480. The highest BCUT2D eigenvalue weighted by Gasteiger charge is 2.44. The molecule has 8 rings (SSSR count). The molecule has 0 fully saturated rings. The number of allylic oxidation sites excluding steroid dienone is 3. The average Bonchev–Trinajstić information content (AvgIpc) is 3.83. The molecule has 4 aliphatic carbocycles. The molecule has 0 spiro atoms. The van der Waals surface area contributed by atoms with Crippen molar-refractivity contribution in [2.24, 2.45) is 10.4 Å². The summed E-state index contributed by atoms with van der Waals surface area (Å²) in [7, 11) is 0. The molecule has 1 aliphatic heterocycles. The van der Waals surface area contributed by atoms with Gasteiger partial charge in [0.2, 0.25) is 0 Å². The van der Waals surface area contributed by atoms with Crippen LogP contribution in [0.15, 0.2) is 34.1 Å². The molecule has 3 aromatic heterocycles. The predicted molar refractivity (Wildman–Crippen MR) is 220 cm³/mol. The fraction of sp³-hybridized carbons (Fsp3) is 0.646. The molecule has 0 saturated heterocycles. The van der Waals surface area contributed by atoms with Crippen molar-refractivity contribution in [3.63, 3.8) is 0 Å². The molecular weight excluding hydrogens is 633 g/mol. The first-order valence-electron chi connectivity index (χ1n) is 21.1. The lowest BCUT2D eigenvalue weighted by molar-refractivity contribution is 0.511. The maximum atomic E-state index is 5.53. The molecule has 3 unspecified atom stereocenters. The second-order valence-electron chi connectivity index (χ2n) is 21.4. The summed E-state index contributed by atoms with van der Waals surface area (Å²) in [6, 6.07) is 0. The number of nitrogens with one attached hydrogen (secondary N) is 3. The number of H-pyrrole nitrogens is 3. The van der Waals surface area contributed by atoms with Gasteiger partial charge in [0.1, 0.15) is 0 Å². The molecule has 3 atom stereocenters. The van der Waals surface area contributed by atoms with Gasteiger partial charge in [-0.15, -0.1) is 0 Å². The summed E-state index contributed by atoms with van der Waals surface area (Å²) in [5.74, 6) is 1.09. The first-order valence-corrected chi connectivity index (χ1v) is 21.1. The summed E-state index contributed by atoms with van der Waals surface area (Å²) in [4.78, 5) is 18.1. The number of rotatable bonds is 3. The second-order valence-corrected chi connectivity index (χ2v) is 21.4. The van der Waals surface area contributed by atoms with Gasteiger partial charge >= 0.3 is 0 Å². The summed E-state index contributed by atoms with van der Waals surface area (Å²) in [5, 5.41) is 0. The van der Waals surface area contributed by atoms with E-state index < -0.39 is 0 Å². The SMILES string of the molecule is CC(C)(C)C1=C2CCCC=C2N=C1C1CCCc2c1[nH]c(C1CCCc3c1[nH]c(C1CCCc4c(C(C)(C)C)c[nH]c41)c3C(C)(C)C)c2C(C)(C)C. The number of hydrogen-bond acceptors (Lipinski definition) is 1. The highest BCUT2D eigenvalue weighted by Crippen LogP contribution is 2.53. The van der Waals surface area contributed by atoms with Crippen LogP contribution in [0.4, 0.5) is 0 Å². The summed E-state index contributed by atoms with van der Waals surface area (Å²) in [5.41, 5.74) is 23.1. The molecule has 4 heterocycles. The summed E-state index contributed by atoms with van der Waals surface area (Å²) in [6.45, 7) is 29.1. The molecule has 4 heteroatoms. The third-order valence-electron chi connectivity index (χ3n) is 13.3. The van der Waals surface area contributed by atoms with Gasteiger partial charge in [-0.05, 0) is 143 Å². The van der Waals surface area contributed by atoms with Gasteiger partial charge in [0.05, 0.1) is 11.4 Å². The zero-order valence-corrected chi connectivity index (χ0v) is 34.8.